The van der Waals surface area contributed by atoms with Crippen molar-refractivity contribution in [1.29, 1.82) is 0 Å². The van der Waals surface area contributed by atoms with Gasteiger partial charge in [-0.3, -0.25) is 0 Å². The third-order valence-corrected chi connectivity index (χ3v) is 3.28. The average Bonchev–Trinajstić information content (AvgIpc) is 2.61. The molecule has 0 bridgehead atoms. The van der Waals surface area contributed by atoms with Crippen LogP contribution in [0.4, 0.5) is 5.82 Å². The number of hydrogen-bond donors (Lipinski definition) is 0. The molecule has 0 unspecified atom stereocenters. The van der Waals surface area contributed by atoms with Crippen molar-refractivity contribution in [2.45, 2.75) is 33.2 Å². The molecule has 96 valence electrons. The molecule has 1 fully saturated rings. The van der Waals surface area contributed by atoms with Gasteiger partial charge in [-0.15, -0.1) is 0 Å². The van der Waals surface area contributed by atoms with Gasteiger partial charge in [-0.25, -0.2) is 4.68 Å². The van der Waals surface area contributed by atoms with Gasteiger partial charge in [-0.2, -0.15) is 5.10 Å². The molecule has 1 aliphatic rings. The van der Waals surface area contributed by atoms with Gasteiger partial charge in [-0.05, 0) is 34.7 Å². The van der Waals surface area contributed by atoms with E-state index in [1.165, 1.54) is 5.82 Å². The molecule has 1 aromatic rings. The minimum absolute atomic E-state index is 0.0486. The molecule has 0 aromatic carbocycles. The minimum atomic E-state index is 0.0486. The molecular weight excluding hydrogens is 212 g/mol. The van der Waals surface area contributed by atoms with E-state index >= 15 is 0 Å². The van der Waals surface area contributed by atoms with Crippen molar-refractivity contribution < 1.29 is 0 Å². The molecule has 1 aliphatic heterocycles. The largest absolute Gasteiger partial charge is 0.354 e. The van der Waals surface area contributed by atoms with Crippen LogP contribution in [0.5, 0.6) is 0 Å². The quantitative estimate of drug-likeness (QED) is 0.742. The number of likely N-dealkylation sites (N-methyl/N-ethyl adjacent to an activating group) is 1. The summed E-state index contributed by atoms with van der Waals surface area (Å²) in [4.78, 5) is 4.83. The summed E-state index contributed by atoms with van der Waals surface area (Å²) in [7, 11) is 2.18. The zero-order valence-corrected chi connectivity index (χ0v) is 11.7. The molecular formula is C13H24N4. The Morgan fingerprint density at radius 1 is 1.12 bits per heavy atom. The maximum absolute atomic E-state index is 4.64. The standard InChI is InChI=1S/C13H24N4/c1-11-10-12(17(14-11)13(2,3)4)16-8-6-15(5)7-9-16/h10H,6-9H2,1-5H3. The SMILES string of the molecule is Cc1cc(N2CCN(C)CC2)n(C(C)(C)C)n1. The Balaban J connectivity index is 2.26. The lowest BCUT2D eigenvalue weighted by atomic mass is 10.1. The second-order valence-corrected chi connectivity index (χ2v) is 6.02. The molecule has 0 N–H and O–H groups in total. The highest BCUT2D eigenvalue weighted by Crippen LogP contribution is 2.25. The average molecular weight is 236 g/mol. The fraction of sp³-hybridized carbons (Fsp3) is 0.769. The molecule has 0 spiro atoms. The highest BCUT2D eigenvalue weighted by atomic mass is 15.4. The van der Waals surface area contributed by atoms with Gasteiger partial charge in [0.1, 0.15) is 5.82 Å². The molecule has 0 radical (unpaired) electrons. The molecule has 0 aliphatic carbocycles. The maximum Gasteiger partial charge on any atom is 0.127 e. The summed E-state index contributed by atoms with van der Waals surface area (Å²) in [5.74, 6) is 1.27. The predicted octanol–water partition coefficient (Wildman–Crippen LogP) is 1.70. The Bertz CT molecular complexity index is 381. The van der Waals surface area contributed by atoms with Crippen molar-refractivity contribution in [3.8, 4) is 0 Å². The summed E-state index contributed by atoms with van der Waals surface area (Å²) >= 11 is 0. The van der Waals surface area contributed by atoms with Gasteiger partial charge in [0.25, 0.3) is 0 Å². The molecule has 4 heteroatoms. The fourth-order valence-corrected chi connectivity index (χ4v) is 2.24. The van der Waals surface area contributed by atoms with Crippen LogP contribution in [0.1, 0.15) is 26.5 Å². The van der Waals surface area contributed by atoms with Gasteiger partial charge >= 0.3 is 0 Å². The van der Waals surface area contributed by atoms with Gasteiger partial charge in [0, 0.05) is 32.2 Å². The Kier molecular flexibility index (Phi) is 3.17. The van der Waals surface area contributed by atoms with Crippen molar-refractivity contribution in [2.75, 3.05) is 38.1 Å². The number of piperazine rings is 1. The summed E-state index contributed by atoms with van der Waals surface area (Å²) in [6, 6.07) is 2.20. The summed E-state index contributed by atoms with van der Waals surface area (Å²) in [6.07, 6.45) is 0. The van der Waals surface area contributed by atoms with Crippen molar-refractivity contribution >= 4 is 5.82 Å². The van der Waals surface area contributed by atoms with Crippen LogP contribution < -0.4 is 4.90 Å². The first kappa shape index (κ1) is 12.4. The van der Waals surface area contributed by atoms with E-state index in [-0.39, 0.29) is 5.54 Å². The van der Waals surface area contributed by atoms with Crippen LogP contribution in [0.15, 0.2) is 6.07 Å². The monoisotopic (exact) mass is 236 g/mol. The first-order valence-corrected chi connectivity index (χ1v) is 6.38. The lowest BCUT2D eigenvalue weighted by molar-refractivity contribution is 0.302. The normalized spacial score (nSPS) is 18.8. The predicted molar refractivity (Wildman–Crippen MR) is 71.7 cm³/mol. The van der Waals surface area contributed by atoms with E-state index in [2.05, 4.69) is 60.4 Å². The number of aromatic nitrogens is 2. The van der Waals surface area contributed by atoms with Crippen LogP contribution in [-0.2, 0) is 5.54 Å². The van der Waals surface area contributed by atoms with Crippen LogP contribution in [-0.4, -0.2) is 47.9 Å². The second-order valence-electron chi connectivity index (χ2n) is 6.02. The van der Waals surface area contributed by atoms with Gasteiger partial charge in [0.2, 0.25) is 0 Å². The van der Waals surface area contributed by atoms with E-state index in [1.54, 1.807) is 0 Å². The van der Waals surface area contributed by atoms with Crippen LogP contribution in [0.2, 0.25) is 0 Å². The molecule has 1 saturated heterocycles. The number of rotatable bonds is 1. The maximum atomic E-state index is 4.64. The van der Waals surface area contributed by atoms with E-state index < -0.39 is 0 Å². The first-order valence-electron chi connectivity index (χ1n) is 6.38. The van der Waals surface area contributed by atoms with Gasteiger partial charge in [-0.1, -0.05) is 0 Å². The van der Waals surface area contributed by atoms with E-state index in [0.717, 1.165) is 31.9 Å². The lowest BCUT2D eigenvalue weighted by Gasteiger charge is -2.35. The van der Waals surface area contributed by atoms with Gasteiger partial charge in [0.15, 0.2) is 0 Å². The molecule has 4 nitrogen and oxygen atoms in total. The minimum Gasteiger partial charge on any atom is -0.354 e. The van der Waals surface area contributed by atoms with Crippen molar-refractivity contribution in [3.05, 3.63) is 11.8 Å². The molecule has 0 amide bonds. The van der Waals surface area contributed by atoms with Crippen LogP contribution in [0.25, 0.3) is 0 Å². The van der Waals surface area contributed by atoms with E-state index in [0.29, 0.717) is 0 Å². The van der Waals surface area contributed by atoms with Crippen LogP contribution >= 0.6 is 0 Å². The van der Waals surface area contributed by atoms with E-state index in [1.807, 2.05) is 0 Å². The molecule has 0 saturated carbocycles. The summed E-state index contributed by atoms with van der Waals surface area (Å²) in [5, 5.41) is 4.64. The summed E-state index contributed by atoms with van der Waals surface area (Å²) in [5.41, 5.74) is 1.15. The number of hydrogen-bond acceptors (Lipinski definition) is 3. The second kappa shape index (κ2) is 4.33. The number of aryl methyl sites for hydroxylation is 1. The summed E-state index contributed by atoms with van der Waals surface area (Å²) in [6.45, 7) is 13.1. The number of anilines is 1. The third-order valence-electron chi connectivity index (χ3n) is 3.28. The van der Waals surface area contributed by atoms with Gasteiger partial charge < -0.3 is 9.80 Å². The molecule has 17 heavy (non-hydrogen) atoms. The highest BCUT2D eigenvalue weighted by molar-refractivity contribution is 5.42. The van der Waals surface area contributed by atoms with Crippen molar-refractivity contribution in [2.24, 2.45) is 0 Å². The Morgan fingerprint density at radius 3 is 2.24 bits per heavy atom. The molecule has 0 atom stereocenters. The Hall–Kier alpha value is -1.03. The Labute approximate surface area is 104 Å². The summed E-state index contributed by atoms with van der Waals surface area (Å²) < 4.78 is 2.16. The first-order chi connectivity index (χ1) is 7.88. The van der Waals surface area contributed by atoms with Crippen LogP contribution in [0, 0.1) is 6.92 Å². The fourth-order valence-electron chi connectivity index (χ4n) is 2.24. The highest BCUT2D eigenvalue weighted by Gasteiger charge is 2.24. The third kappa shape index (κ3) is 2.63. The number of nitrogens with zero attached hydrogens (tertiary/aromatic N) is 4. The van der Waals surface area contributed by atoms with Gasteiger partial charge in [0.05, 0.1) is 11.2 Å². The lowest BCUT2D eigenvalue weighted by Crippen LogP contribution is -2.46. The molecule has 2 rings (SSSR count). The van der Waals surface area contributed by atoms with Crippen molar-refractivity contribution in [1.82, 2.24) is 14.7 Å². The Morgan fingerprint density at radius 2 is 1.71 bits per heavy atom. The molecule has 2 heterocycles. The van der Waals surface area contributed by atoms with E-state index in [4.69, 9.17) is 0 Å². The topological polar surface area (TPSA) is 24.3 Å². The zero-order chi connectivity index (χ0) is 12.6. The zero-order valence-electron chi connectivity index (χ0n) is 11.7. The molecule has 1 aromatic heterocycles. The van der Waals surface area contributed by atoms with Crippen molar-refractivity contribution in [3.63, 3.8) is 0 Å². The van der Waals surface area contributed by atoms with Crippen LogP contribution in [0.3, 0.4) is 0 Å². The smallest absolute Gasteiger partial charge is 0.127 e. The van der Waals surface area contributed by atoms with E-state index in [9.17, 15) is 0 Å².